The third-order valence-electron chi connectivity index (χ3n) is 3.48. The smallest absolute Gasteiger partial charge is 0.272 e. The van der Waals surface area contributed by atoms with Gasteiger partial charge in [-0.3, -0.25) is 9.59 Å². The highest BCUT2D eigenvalue weighted by Gasteiger charge is 2.13. The fourth-order valence-electron chi connectivity index (χ4n) is 2.30. The number of pyridine rings is 1. The third kappa shape index (κ3) is 2.48. The van der Waals surface area contributed by atoms with Gasteiger partial charge in [0.05, 0.1) is 0 Å². The van der Waals surface area contributed by atoms with Gasteiger partial charge in [-0.1, -0.05) is 18.2 Å². The number of rotatable bonds is 2. The van der Waals surface area contributed by atoms with E-state index in [-0.39, 0.29) is 17.1 Å². The highest BCUT2D eigenvalue weighted by molar-refractivity contribution is 6.05. The lowest BCUT2D eigenvalue weighted by molar-refractivity contribution is 0.101. The maximum Gasteiger partial charge on any atom is 0.272 e. The minimum absolute atomic E-state index is 0.234. The number of nitrogens with one attached hydrogen (secondary N) is 1. The largest absolute Gasteiger partial charge is 0.321 e. The van der Waals surface area contributed by atoms with E-state index in [1.54, 1.807) is 31.3 Å². The van der Waals surface area contributed by atoms with Gasteiger partial charge in [0, 0.05) is 18.1 Å². The standard InChI is InChI=1S/C17H13FN2O2/c1-20-15(10-11-4-2-3-5-14(11)17(20)22)16(21)19-13-8-6-12(18)7-9-13/h2-10H,1H3,(H,19,21). The molecule has 3 aromatic rings. The van der Waals surface area contributed by atoms with Gasteiger partial charge in [0.2, 0.25) is 0 Å². The second kappa shape index (κ2) is 5.44. The highest BCUT2D eigenvalue weighted by atomic mass is 19.1. The van der Waals surface area contributed by atoms with Gasteiger partial charge in [0.25, 0.3) is 11.5 Å². The second-order valence-corrected chi connectivity index (χ2v) is 4.94. The van der Waals surface area contributed by atoms with Crippen molar-refractivity contribution in [2.24, 2.45) is 7.05 Å². The predicted octanol–water partition coefficient (Wildman–Crippen LogP) is 2.93. The monoisotopic (exact) mass is 296 g/mol. The number of hydrogen-bond donors (Lipinski definition) is 1. The molecule has 110 valence electrons. The van der Waals surface area contributed by atoms with E-state index in [1.807, 2.05) is 6.07 Å². The van der Waals surface area contributed by atoms with E-state index in [1.165, 1.54) is 28.8 Å². The molecule has 0 atom stereocenters. The van der Waals surface area contributed by atoms with Crippen molar-refractivity contribution in [3.63, 3.8) is 0 Å². The normalized spacial score (nSPS) is 10.6. The molecule has 0 spiro atoms. The van der Waals surface area contributed by atoms with Crippen molar-refractivity contribution in [1.29, 1.82) is 0 Å². The molecular formula is C17H13FN2O2. The van der Waals surface area contributed by atoms with E-state index in [4.69, 9.17) is 0 Å². The molecule has 2 aromatic carbocycles. The topological polar surface area (TPSA) is 51.1 Å². The molecule has 0 aliphatic heterocycles. The molecule has 1 amide bonds. The summed E-state index contributed by atoms with van der Waals surface area (Å²) in [5.74, 6) is -0.798. The first-order valence-electron chi connectivity index (χ1n) is 6.72. The van der Waals surface area contributed by atoms with Crippen LogP contribution in [0.25, 0.3) is 10.8 Å². The lowest BCUT2D eigenvalue weighted by atomic mass is 10.1. The number of fused-ring (bicyclic) bond motifs is 1. The molecule has 0 fully saturated rings. The van der Waals surface area contributed by atoms with Crippen LogP contribution >= 0.6 is 0 Å². The molecule has 0 aliphatic carbocycles. The van der Waals surface area contributed by atoms with Crippen LogP contribution in [0.15, 0.2) is 59.4 Å². The van der Waals surface area contributed by atoms with E-state index in [0.717, 1.165) is 0 Å². The summed E-state index contributed by atoms with van der Waals surface area (Å²) in [5.41, 5.74) is 0.474. The number of amides is 1. The molecule has 0 bridgehead atoms. The molecule has 22 heavy (non-hydrogen) atoms. The van der Waals surface area contributed by atoms with Gasteiger partial charge in [-0.2, -0.15) is 0 Å². The molecule has 5 heteroatoms. The zero-order valence-electron chi connectivity index (χ0n) is 11.8. The van der Waals surface area contributed by atoms with Gasteiger partial charge in [0.1, 0.15) is 11.5 Å². The van der Waals surface area contributed by atoms with Gasteiger partial charge in [-0.15, -0.1) is 0 Å². The summed E-state index contributed by atoms with van der Waals surface area (Å²) in [5, 5.41) is 3.92. The van der Waals surface area contributed by atoms with Crippen LogP contribution in [0.3, 0.4) is 0 Å². The SMILES string of the molecule is Cn1c(C(=O)Nc2ccc(F)cc2)cc2ccccc2c1=O. The molecule has 3 rings (SSSR count). The maximum atomic E-state index is 12.9. The summed E-state index contributed by atoms with van der Waals surface area (Å²) < 4.78 is 14.2. The zero-order valence-corrected chi connectivity index (χ0v) is 11.8. The molecule has 0 saturated heterocycles. The van der Waals surface area contributed by atoms with Gasteiger partial charge in [0.15, 0.2) is 0 Å². The Kier molecular flexibility index (Phi) is 3.47. The summed E-state index contributed by atoms with van der Waals surface area (Å²) in [6, 6.07) is 14.2. The lowest BCUT2D eigenvalue weighted by Crippen LogP contribution is -2.26. The summed E-state index contributed by atoms with van der Waals surface area (Å²) in [7, 11) is 1.55. The van der Waals surface area contributed by atoms with Crippen LogP contribution in [-0.4, -0.2) is 10.5 Å². The maximum absolute atomic E-state index is 12.9. The van der Waals surface area contributed by atoms with Crippen LogP contribution < -0.4 is 10.9 Å². The van der Waals surface area contributed by atoms with Crippen LogP contribution in [0.5, 0.6) is 0 Å². The average molecular weight is 296 g/mol. The number of carbonyl (C=O) groups excluding carboxylic acids is 1. The summed E-state index contributed by atoms with van der Waals surface area (Å²) in [4.78, 5) is 24.6. The Hall–Kier alpha value is -2.95. The van der Waals surface area contributed by atoms with Crippen LogP contribution in [0.2, 0.25) is 0 Å². The van der Waals surface area contributed by atoms with Gasteiger partial charge < -0.3 is 9.88 Å². The van der Waals surface area contributed by atoms with Crippen molar-refractivity contribution < 1.29 is 9.18 Å². The molecule has 0 aliphatic rings. The molecule has 4 nitrogen and oxygen atoms in total. The quantitative estimate of drug-likeness (QED) is 0.790. The first kappa shape index (κ1) is 14.0. The van der Waals surface area contributed by atoms with Gasteiger partial charge in [-0.05, 0) is 41.8 Å². The molecule has 0 saturated carbocycles. The van der Waals surface area contributed by atoms with E-state index in [9.17, 15) is 14.0 Å². The third-order valence-corrected chi connectivity index (χ3v) is 3.48. The van der Waals surface area contributed by atoms with E-state index in [2.05, 4.69) is 5.32 Å². The molecular weight excluding hydrogens is 283 g/mol. The number of hydrogen-bond acceptors (Lipinski definition) is 2. The van der Waals surface area contributed by atoms with E-state index < -0.39 is 5.91 Å². The second-order valence-electron chi connectivity index (χ2n) is 4.94. The van der Waals surface area contributed by atoms with Crippen molar-refractivity contribution in [3.8, 4) is 0 Å². The Bertz CT molecular complexity index is 914. The average Bonchev–Trinajstić information content (AvgIpc) is 2.53. The molecule has 0 radical (unpaired) electrons. The van der Waals surface area contributed by atoms with Crippen LogP contribution in [0, 0.1) is 5.82 Å². The minimum Gasteiger partial charge on any atom is -0.321 e. The number of aromatic nitrogens is 1. The van der Waals surface area contributed by atoms with Crippen molar-refractivity contribution in [3.05, 3.63) is 76.5 Å². The molecule has 0 unspecified atom stereocenters. The molecule has 1 N–H and O–H groups in total. The fourth-order valence-corrected chi connectivity index (χ4v) is 2.30. The Morgan fingerprint density at radius 3 is 2.50 bits per heavy atom. The predicted molar refractivity (Wildman–Crippen MR) is 83.5 cm³/mol. The van der Waals surface area contributed by atoms with Crippen molar-refractivity contribution >= 4 is 22.4 Å². The van der Waals surface area contributed by atoms with Crippen LogP contribution in [0.4, 0.5) is 10.1 Å². The molecule has 1 heterocycles. The highest BCUT2D eigenvalue weighted by Crippen LogP contribution is 2.14. The Balaban J connectivity index is 2.02. The van der Waals surface area contributed by atoms with Crippen LogP contribution in [-0.2, 0) is 7.05 Å². The lowest BCUT2D eigenvalue weighted by Gasteiger charge is -2.10. The molecule has 1 aromatic heterocycles. The van der Waals surface area contributed by atoms with Gasteiger partial charge >= 0.3 is 0 Å². The van der Waals surface area contributed by atoms with Gasteiger partial charge in [-0.25, -0.2) is 4.39 Å². The number of anilines is 1. The summed E-state index contributed by atoms with van der Waals surface area (Å²) in [6.45, 7) is 0. The summed E-state index contributed by atoms with van der Waals surface area (Å²) >= 11 is 0. The number of carbonyl (C=O) groups is 1. The first-order chi connectivity index (χ1) is 10.6. The first-order valence-corrected chi connectivity index (χ1v) is 6.72. The summed E-state index contributed by atoms with van der Waals surface area (Å²) in [6.07, 6.45) is 0. The van der Waals surface area contributed by atoms with Crippen molar-refractivity contribution in [2.45, 2.75) is 0 Å². The number of nitrogens with zero attached hydrogens (tertiary/aromatic N) is 1. The number of halogens is 1. The fraction of sp³-hybridized carbons (Fsp3) is 0.0588. The van der Waals surface area contributed by atoms with Crippen LogP contribution in [0.1, 0.15) is 10.5 Å². The zero-order chi connectivity index (χ0) is 15.7. The van der Waals surface area contributed by atoms with E-state index >= 15 is 0 Å². The Morgan fingerprint density at radius 1 is 1.09 bits per heavy atom. The van der Waals surface area contributed by atoms with E-state index in [0.29, 0.717) is 16.5 Å². The van der Waals surface area contributed by atoms with Crippen molar-refractivity contribution in [1.82, 2.24) is 4.57 Å². The number of benzene rings is 2. The Labute approximate surface area is 125 Å². The van der Waals surface area contributed by atoms with Crippen molar-refractivity contribution in [2.75, 3.05) is 5.32 Å². The Morgan fingerprint density at radius 2 is 1.77 bits per heavy atom. The minimum atomic E-state index is -0.419.